The summed E-state index contributed by atoms with van der Waals surface area (Å²) in [5.41, 5.74) is -0.648. The smallest absolute Gasteiger partial charge is 0.192 e. The molecule has 4 heteroatoms. The van der Waals surface area contributed by atoms with Crippen LogP contribution < -0.4 is 0 Å². The van der Waals surface area contributed by atoms with Crippen LogP contribution in [0.1, 0.15) is 27.2 Å². The first kappa shape index (κ1) is 8.90. The summed E-state index contributed by atoms with van der Waals surface area (Å²) in [4.78, 5) is 27.0. The summed E-state index contributed by atoms with van der Waals surface area (Å²) >= 11 is 0. The number of carbonyl (C=O) groups is 2. The Morgan fingerprint density at radius 2 is 2.17 bits per heavy atom. The Balaban J connectivity index is 2.89. The van der Waals surface area contributed by atoms with Gasteiger partial charge >= 0.3 is 0 Å². The molecule has 1 aliphatic heterocycles. The average Bonchev–Trinajstić information content (AvgIpc) is 1.83. The van der Waals surface area contributed by atoms with Gasteiger partial charge in [-0.05, 0) is 13.8 Å². The highest BCUT2D eigenvalue weighted by molar-refractivity contribution is 6.65. The van der Waals surface area contributed by atoms with E-state index in [1.54, 1.807) is 13.8 Å². The fraction of sp³-hybridized carbons (Fsp3) is 0.625. The van der Waals surface area contributed by atoms with Crippen LogP contribution >= 0.6 is 0 Å². The lowest BCUT2D eigenvalue weighted by Gasteiger charge is -2.25. The highest BCUT2D eigenvalue weighted by atomic mass is 16.7. The molecule has 0 saturated heterocycles. The summed E-state index contributed by atoms with van der Waals surface area (Å²) < 4.78 is 0. The van der Waals surface area contributed by atoms with Crippen LogP contribution in [0.2, 0.25) is 0 Å². The van der Waals surface area contributed by atoms with E-state index < -0.39 is 5.60 Å². The van der Waals surface area contributed by atoms with Crippen molar-refractivity contribution >= 4 is 17.3 Å². The van der Waals surface area contributed by atoms with Gasteiger partial charge in [0.05, 0.1) is 6.42 Å². The molecule has 0 aliphatic carbocycles. The molecule has 0 fully saturated rings. The van der Waals surface area contributed by atoms with Gasteiger partial charge in [0.1, 0.15) is 5.60 Å². The Bertz CT molecular complexity index is 265. The van der Waals surface area contributed by atoms with Gasteiger partial charge in [-0.3, -0.25) is 9.59 Å². The number of ketones is 2. The van der Waals surface area contributed by atoms with Gasteiger partial charge in [-0.1, -0.05) is 5.16 Å². The van der Waals surface area contributed by atoms with Gasteiger partial charge in [0, 0.05) is 6.92 Å². The van der Waals surface area contributed by atoms with E-state index in [4.69, 9.17) is 4.84 Å². The van der Waals surface area contributed by atoms with E-state index in [1.165, 1.54) is 6.92 Å². The quantitative estimate of drug-likeness (QED) is 0.580. The normalized spacial score (nSPS) is 21.2. The van der Waals surface area contributed by atoms with Gasteiger partial charge in [-0.25, -0.2) is 0 Å². The van der Waals surface area contributed by atoms with E-state index in [-0.39, 0.29) is 23.7 Å². The van der Waals surface area contributed by atoms with Gasteiger partial charge in [-0.15, -0.1) is 0 Å². The lowest BCUT2D eigenvalue weighted by molar-refractivity contribution is -0.124. The fourth-order valence-corrected chi connectivity index (χ4v) is 0.983. The number of hydrogen-bond acceptors (Lipinski definition) is 4. The standard InChI is InChI=1S/C8H11NO3/c1-5(10)7-6(11)4-8(2,3)12-9-7/h4H2,1-3H3. The summed E-state index contributed by atoms with van der Waals surface area (Å²) in [6, 6.07) is 0. The van der Waals surface area contributed by atoms with Gasteiger partial charge < -0.3 is 4.84 Å². The first-order valence-corrected chi connectivity index (χ1v) is 3.73. The summed E-state index contributed by atoms with van der Waals surface area (Å²) in [5.74, 6) is -0.575. The summed E-state index contributed by atoms with van der Waals surface area (Å²) in [6.07, 6.45) is 0.214. The van der Waals surface area contributed by atoms with Crippen molar-refractivity contribution in [1.82, 2.24) is 0 Å². The maximum Gasteiger partial charge on any atom is 0.192 e. The van der Waals surface area contributed by atoms with Crippen LogP contribution in [0, 0.1) is 0 Å². The van der Waals surface area contributed by atoms with Crippen molar-refractivity contribution in [2.24, 2.45) is 5.16 Å². The largest absolute Gasteiger partial charge is 0.389 e. The molecule has 0 saturated carbocycles. The van der Waals surface area contributed by atoms with E-state index in [2.05, 4.69) is 5.16 Å². The predicted octanol–water partition coefficient (Wildman–Crippen LogP) is 0.699. The molecule has 0 aromatic carbocycles. The Morgan fingerprint density at radius 1 is 1.58 bits per heavy atom. The van der Waals surface area contributed by atoms with Crippen molar-refractivity contribution in [1.29, 1.82) is 0 Å². The third-order valence-electron chi connectivity index (χ3n) is 1.57. The van der Waals surface area contributed by atoms with E-state index in [0.29, 0.717) is 0 Å². The second-order valence-electron chi connectivity index (χ2n) is 3.45. The number of hydrogen-bond donors (Lipinski definition) is 0. The van der Waals surface area contributed by atoms with Crippen LogP contribution in [0.25, 0.3) is 0 Å². The molecule has 1 aliphatic rings. The topological polar surface area (TPSA) is 55.7 Å². The number of oxime groups is 1. The molecule has 4 nitrogen and oxygen atoms in total. The van der Waals surface area contributed by atoms with Crippen molar-refractivity contribution in [2.75, 3.05) is 0 Å². The minimum atomic E-state index is -0.573. The summed E-state index contributed by atoms with van der Waals surface area (Å²) in [6.45, 7) is 4.81. The Kier molecular flexibility index (Phi) is 2.00. The van der Waals surface area contributed by atoms with E-state index in [9.17, 15) is 9.59 Å². The third kappa shape index (κ3) is 1.69. The predicted molar refractivity (Wildman–Crippen MR) is 42.9 cm³/mol. The van der Waals surface area contributed by atoms with Crippen molar-refractivity contribution in [3.63, 3.8) is 0 Å². The van der Waals surface area contributed by atoms with Crippen molar-refractivity contribution in [3.05, 3.63) is 0 Å². The van der Waals surface area contributed by atoms with Crippen LogP contribution in [0.4, 0.5) is 0 Å². The Labute approximate surface area is 70.6 Å². The molecular weight excluding hydrogens is 158 g/mol. The SMILES string of the molecule is CC(=O)C1=NOC(C)(C)CC1=O. The summed E-state index contributed by atoms with van der Waals surface area (Å²) in [7, 11) is 0. The van der Waals surface area contributed by atoms with E-state index in [0.717, 1.165) is 0 Å². The zero-order valence-corrected chi connectivity index (χ0v) is 7.38. The molecule has 0 unspecified atom stereocenters. The first-order chi connectivity index (χ1) is 5.42. The maximum absolute atomic E-state index is 11.2. The van der Waals surface area contributed by atoms with Gasteiger partial charge in [0.15, 0.2) is 17.3 Å². The van der Waals surface area contributed by atoms with Gasteiger partial charge in [0.25, 0.3) is 0 Å². The Morgan fingerprint density at radius 3 is 2.58 bits per heavy atom. The summed E-state index contributed by atoms with van der Waals surface area (Å²) in [5, 5.41) is 3.48. The molecule has 0 spiro atoms. The van der Waals surface area contributed by atoms with Crippen LogP contribution in [-0.4, -0.2) is 22.9 Å². The number of carbonyl (C=O) groups excluding carboxylic acids is 2. The van der Waals surface area contributed by atoms with Crippen LogP contribution in [-0.2, 0) is 14.4 Å². The Hall–Kier alpha value is -1.19. The zero-order valence-electron chi connectivity index (χ0n) is 7.38. The van der Waals surface area contributed by atoms with E-state index >= 15 is 0 Å². The first-order valence-electron chi connectivity index (χ1n) is 3.73. The highest BCUT2D eigenvalue weighted by Crippen LogP contribution is 2.20. The molecule has 0 radical (unpaired) electrons. The molecular formula is C8H11NO3. The third-order valence-corrected chi connectivity index (χ3v) is 1.57. The highest BCUT2D eigenvalue weighted by Gasteiger charge is 2.33. The van der Waals surface area contributed by atoms with Crippen LogP contribution in [0.3, 0.4) is 0 Å². The fourth-order valence-electron chi connectivity index (χ4n) is 0.983. The maximum atomic E-state index is 11.2. The van der Waals surface area contributed by atoms with E-state index in [1.807, 2.05) is 0 Å². The van der Waals surface area contributed by atoms with Crippen LogP contribution in [0.15, 0.2) is 5.16 Å². The molecule has 0 N–H and O–H groups in total. The molecule has 12 heavy (non-hydrogen) atoms. The molecule has 0 amide bonds. The van der Waals surface area contributed by atoms with Crippen LogP contribution in [0.5, 0.6) is 0 Å². The lowest BCUT2D eigenvalue weighted by Crippen LogP contribution is -2.37. The number of rotatable bonds is 1. The number of Topliss-reactive ketones (excluding diaryl/α,β-unsaturated/α-hetero) is 2. The number of nitrogens with zero attached hydrogens (tertiary/aromatic N) is 1. The molecule has 0 atom stereocenters. The average molecular weight is 169 g/mol. The molecule has 0 bridgehead atoms. The minimum Gasteiger partial charge on any atom is -0.389 e. The second-order valence-corrected chi connectivity index (χ2v) is 3.45. The van der Waals surface area contributed by atoms with Crippen molar-refractivity contribution in [2.45, 2.75) is 32.8 Å². The minimum absolute atomic E-state index is 0.0747. The lowest BCUT2D eigenvalue weighted by atomic mass is 9.97. The van der Waals surface area contributed by atoms with Gasteiger partial charge in [0.2, 0.25) is 0 Å². The molecule has 1 heterocycles. The molecule has 66 valence electrons. The molecule has 0 aromatic rings. The zero-order chi connectivity index (χ0) is 9.35. The second kappa shape index (κ2) is 2.69. The molecule has 1 rings (SSSR count). The monoisotopic (exact) mass is 169 g/mol. The van der Waals surface area contributed by atoms with Crippen molar-refractivity contribution in [3.8, 4) is 0 Å². The van der Waals surface area contributed by atoms with Gasteiger partial charge in [-0.2, -0.15) is 0 Å². The van der Waals surface area contributed by atoms with Crippen molar-refractivity contribution < 1.29 is 14.4 Å². The molecule has 0 aromatic heterocycles.